The van der Waals surface area contributed by atoms with Gasteiger partial charge in [0.05, 0.1) is 6.04 Å². The Hall–Kier alpha value is -3.59. The molecule has 208 valence electrons. The second kappa shape index (κ2) is 10.9. The normalized spacial score (nSPS) is 22.5. The molecule has 9 heteroatoms. The molecular weight excluding hydrogens is 496 g/mol. The van der Waals surface area contributed by atoms with Crippen LogP contribution in [-0.4, -0.2) is 107 Å². The molecule has 3 aliphatic rings. The van der Waals surface area contributed by atoms with Gasteiger partial charge in [0, 0.05) is 69.4 Å². The molecule has 0 radical (unpaired) electrons. The zero-order valence-corrected chi connectivity index (χ0v) is 23.0. The molecule has 0 spiro atoms. The van der Waals surface area contributed by atoms with Crippen LogP contribution in [0.4, 0.5) is 4.79 Å². The Morgan fingerprint density at radius 1 is 0.795 bits per heavy atom. The summed E-state index contributed by atoms with van der Waals surface area (Å²) in [6.45, 7) is 10.9. The van der Waals surface area contributed by atoms with E-state index in [4.69, 9.17) is 4.74 Å². The van der Waals surface area contributed by atoms with Gasteiger partial charge >= 0.3 is 6.09 Å². The van der Waals surface area contributed by atoms with Crippen LogP contribution in [0.5, 0.6) is 5.75 Å². The minimum absolute atomic E-state index is 0.00109. The number of carbonyl (C=O) groups excluding carboxylic acids is 2. The van der Waals surface area contributed by atoms with Crippen molar-refractivity contribution < 1.29 is 24.2 Å². The second-order valence-corrected chi connectivity index (χ2v) is 11.8. The van der Waals surface area contributed by atoms with Crippen LogP contribution in [0.1, 0.15) is 47.9 Å². The lowest BCUT2D eigenvalue weighted by molar-refractivity contribution is 0.00853. The largest absolute Gasteiger partial charge is 0.488 e. The van der Waals surface area contributed by atoms with Gasteiger partial charge in [-0.3, -0.25) is 14.5 Å². The van der Waals surface area contributed by atoms with Crippen molar-refractivity contribution >= 4 is 17.9 Å². The monoisotopic (exact) mass is 534 g/mol. The number of hydrogen-bond acceptors (Lipinski definition) is 5. The molecule has 0 saturated carbocycles. The van der Waals surface area contributed by atoms with E-state index in [1.54, 1.807) is 24.3 Å². The average Bonchev–Trinajstić information content (AvgIpc) is 3.33. The van der Waals surface area contributed by atoms with E-state index in [9.17, 15) is 19.5 Å². The van der Waals surface area contributed by atoms with Gasteiger partial charge in [0.1, 0.15) is 11.9 Å². The summed E-state index contributed by atoms with van der Waals surface area (Å²) in [4.78, 5) is 45.1. The molecule has 2 aromatic rings. The molecule has 9 nitrogen and oxygen atoms in total. The van der Waals surface area contributed by atoms with Gasteiger partial charge in [0.2, 0.25) is 0 Å². The third-order valence-corrected chi connectivity index (χ3v) is 8.15. The molecule has 2 aromatic carbocycles. The van der Waals surface area contributed by atoms with Crippen LogP contribution in [0.15, 0.2) is 54.6 Å². The summed E-state index contributed by atoms with van der Waals surface area (Å²) < 4.78 is 6.22. The molecule has 1 unspecified atom stereocenters. The molecule has 3 heterocycles. The van der Waals surface area contributed by atoms with Crippen LogP contribution in [-0.2, 0) is 0 Å². The highest BCUT2D eigenvalue weighted by Gasteiger charge is 2.45. The first-order chi connectivity index (χ1) is 18.6. The smallest absolute Gasteiger partial charge is 0.407 e. The van der Waals surface area contributed by atoms with Crippen molar-refractivity contribution in [1.82, 2.24) is 19.6 Å². The predicted molar refractivity (Wildman–Crippen MR) is 147 cm³/mol. The van der Waals surface area contributed by atoms with Crippen molar-refractivity contribution in [3.8, 4) is 5.75 Å². The van der Waals surface area contributed by atoms with Gasteiger partial charge in [0.25, 0.3) is 11.8 Å². The maximum atomic E-state index is 13.1. The Labute approximate surface area is 229 Å². The Kier molecular flexibility index (Phi) is 7.53. The van der Waals surface area contributed by atoms with Crippen molar-refractivity contribution in [3.05, 3.63) is 65.7 Å². The molecular formula is C30H38N4O5. The van der Waals surface area contributed by atoms with E-state index in [-0.39, 0.29) is 29.4 Å². The summed E-state index contributed by atoms with van der Waals surface area (Å²) in [5, 5.41) is 9.60. The fourth-order valence-electron chi connectivity index (χ4n) is 6.07. The first kappa shape index (κ1) is 27.0. The minimum atomic E-state index is -0.919. The highest BCUT2D eigenvalue weighted by Crippen LogP contribution is 2.35. The maximum Gasteiger partial charge on any atom is 0.407 e. The summed E-state index contributed by atoms with van der Waals surface area (Å²) in [5.41, 5.74) is 1.08. The van der Waals surface area contributed by atoms with E-state index in [2.05, 4.69) is 4.90 Å². The third-order valence-electron chi connectivity index (χ3n) is 8.15. The number of likely N-dealkylation sites (tertiary alicyclic amines) is 2. The molecule has 3 aliphatic heterocycles. The number of nitrogens with zero attached hydrogens (tertiary/aromatic N) is 4. The highest BCUT2D eigenvalue weighted by atomic mass is 16.5. The molecule has 3 amide bonds. The van der Waals surface area contributed by atoms with Gasteiger partial charge in [0.15, 0.2) is 0 Å². The topological polar surface area (TPSA) is 93.6 Å². The lowest BCUT2D eigenvalue weighted by Crippen LogP contribution is -2.64. The summed E-state index contributed by atoms with van der Waals surface area (Å²) in [5.74, 6) is 0.720. The fraction of sp³-hybridized carbons (Fsp3) is 0.500. The Bertz CT molecular complexity index is 1180. The van der Waals surface area contributed by atoms with Crippen molar-refractivity contribution in [2.75, 3.05) is 45.8 Å². The van der Waals surface area contributed by atoms with Gasteiger partial charge in [-0.1, -0.05) is 39.0 Å². The number of benzene rings is 2. The Morgan fingerprint density at radius 3 is 1.97 bits per heavy atom. The predicted octanol–water partition coefficient (Wildman–Crippen LogP) is 3.51. The zero-order chi connectivity index (χ0) is 27.7. The number of amides is 3. The molecule has 3 fully saturated rings. The molecule has 0 aliphatic carbocycles. The van der Waals surface area contributed by atoms with Crippen molar-refractivity contribution in [2.24, 2.45) is 5.41 Å². The lowest BCUT2D eigenvalue weighted by atomic mass is 9.84. The van der Waals surface area contributed by atoms with Gasteiger partial charge in [-0.2, -0.15) is 0 Å². The van der Waals surface area contributed by atoms with Gasteiger partial charge in [-0.05, 0) is 41.8 Å². The summed E-state index contributed by atoms with van der Waals surface area (Å²) in [6, 6.07) is 16.6. The quantitative estimate of drug-likeness (QED) is 0.631. The number of ether oxygens (including phenoxy) is 1. The van der Waals surface area contributed by atoms with Crippen molar-refractivity contribution in [3.63, 3.8) is 0 Å². The lowest BCUT2D eigenvalue weighted by Gasteiger charge is -2.48. The average molecular weight is 535 g/mol. The molecule has 39 heavy (non-hydrogen) atoms. The fourth-order valence-corrected chi connectivity index (χ4v) is 6.07. The summed E-state index contributed by atoms with van der Waals surface area (Å²) >= 11 is 0. The van der Waals surface area contributed by atoms with Gasteiger partial charge in [-0.25, -0.2) is 4.79 Å². The molecule has 1 N–H and O–H groups in total. The van der Waals surface area contributed by atoms with Crippen LogP contribution < -0.4 is 4.74 Å². The van der Waals surface area contributed by atoms with Gasteiger partial charge < -0.3 is 24.5 Å². The van der Waals surface area contributed by atoms with Crippen LogP contribution in [0, 0.1) is 5.41 Å². The molecule has 0 bridgehead atoms. The summed E-state index contributed by atoms with van der Waals surface area (Å²) in [7, 11) is 0. The SMILES string of the molecule is CC(C)(C)C1[C@@H](Oc2ccc(C(=O)N3CC(N4CCN(C(=O)c5ccccc5)CC4)C3)cc2)CCN1C(=O)O. The van der Waals surface area contributed by atoms with E-state index >= 15 is 0 Å². The molecule has 2 atom stereocenters. The Morgan fingerprint density at radius 2 is 1.38 bits per heavy atom. The zero-order valence-electron chi connectivity index (χ0n) is 23.0. The minimum Gasteiger partial charge on any atom is -0.488 e. The third kappa shape index (κ3) is 5.73. The van der Waals surface area contributed by atoms with Crippen molar-refractivity contribution in [2.45, 2.75) is 45.4 Å². The number of carboxylic acid groups (broad SMARTS) is 1. The first-order valence-electron chi connectivity index (χ1n) is 13.8. The van der Waals surface area contributed by atoms with E-state index in [0.717, 1.165) is 18.7 Å². The van der Waals surface area contributed by atoms with Crippen LogP contribution >= 0.6 is 0 Å². The number of rotatable bonds is 5. The Balaban J connectivity index is 1.10. The molecule has 0 aromatic heterocycles. The van der Waals surface area contributed by atoms with E-state index in [1.807, 2.05) is 60.9 Å². The number of carbonyl (C=O) groups is 3. The molecule has 5 rings (SSSR count). The van der Waals surface area contributed by atoms with Crippen molar-refractivity contribution in [1.29, 1.82) is 0 Å². The van der Waals surface area contributed by atoms with E-state index in [0.29, 0.717) is 56.5 Å². The van der Waals surface area contributed by atoms with E-state index < -0.39 is 6.09 Å². The standard InChI is InChI=1S/C30H38N4O5/c1-30(2,3)26-25(13-14-34(26)29(37)38)39-24-11-9-22(10-12-24)28(36)33-19-23(20-33)31-15-17-32(18-16-31)27(35)21-7-5-4-6-8-21/h4-12,23,25-26H,13-20H2,1-3H3,(H,37,38)/t25-,26?/m0/s1. The van der Waals surface area contributed by atoms with Gasteiger partial charge in [-0.15, -0.1) is 0 Å². The van der Waals surface area contributed by atoms with Crippen LogP contribution in [0.2, 0.25) is 0 Å². The maximum absolute atomic E-state index is 13.1. The second-order valence-electron chi connectivity index (χ2n) is 11.8. The number of hydrogen-bond donors (Lipinski definition) is 1. The van der Waals surface area contributed by atoms with Crippen LogP contribution in [0.3, 0.4) is 0 Å². The summed E-state index contributed by atoms with van der Waals surface area (Å²) in [6.07, 6.45) is -0.515. The van der Waals surface area contributed by atoms with E-state index in [1.165, 1.54) is 4.90 Å². The number of piperazine rings is 1. The first-order valence-corrected chi connectivity index (χ1v) is 13.8. The van der Waals surface area contributed by atoms with Crippen LogP contribution in [0.25, 0.3) is 0 Å². The molecule has 3 saturated heterocycles. The highest BCUT2D eigenvalue weighted by molar-refractivity contribution is 5.95.